The third-order valence-electron chi connectivity index (χ3n) is 2.97. The van der Waals surface area contributed by atoms with E-state index in [1.807, 2.05) is 48.5 Å². The van der Waals surface area contributed by atoms with Crippen molar-refractivity contribution >= 4 is 23.1 Å². The first-order valence-electron chi connectivity index (χ1n) is 5.91. The SMILES string of the molecule is COc1ccc2[nH]c(-c3ccccc3)nc(=S)c2c1. The molecule has 0 atom stereocenters. The van der Waals surface area contributed by atoms with Crippen LogP contribution in [0.1, 0.15) is 0 Å². The molecule has 94 valence electrons. The first-order chi connectivity index (χ1) is 9.28. The molecule has 0 radical (unpaired) electrons. The Bertz CT molecular complexity index is 781. The molecule has 3 rings (SSSR count). The number of methoxy groups -OCH3 is 1. The lowest BCUT2D eigenvalue weighted by Gasteiger charge is -2.06. The molecular weight excluding hydrogens is 256 g/mol. The normalized spacial score (nSPS) is 10.6. The summed E-state index contributed by atoms with van der Waals surface area (Å²) in [6.45, 7) is 0. The summed E-state index contributed by atoms with van der Waals surface area (Å²) in [5.41, 5.74) is 1.98. The van der Waals surface area contributed by atoms with E-state index in [0.717, 1.165) is 28.0 Å². The van der Waals surface area contributed by atoms with Gasteiger partial charge in [-0.1, -0.05) is 42.5 Å². The smallest absolute Gasteiger partial charge is 0.139 e. The molecule has 0 aliphatic carbocycles. The zero-order valence-electron chi connectivity index (χ0n) is 10.4. The number of fused-ring (bicyclic) bond motifs is 1. The Labute approximate surface area is 115 Å². The Morgan fingerprint density at radius 2 is 1.89 bits per heavy atom. The van der Waals surface area contributed by atoms with E-state index in [9.17, 15) is 0 Å². The Kier molecular flexibility index (Phi) is 3.01. The van der Waals surface area contributed by atoms with Gasteiger partial charge in [0.2, 0.25) is 0 Å². The quantitative estimate of drug-likeness (QED) is 0.715. The number of hydrogen-bond acceptors (Lipinski definition) is 3. The van der Waals surface area contributed by atoms with Gasteiger partial charge in [-0.25, -0.2) is 4.98 Å². The Morgan fingerprint density at radius 3 is 2.63 bits per heavy atom. The van der Waals surface area contributed by atoms with Crippen LogP contribution >= 0.6 is 12.2 Å². The van der Waals surface area contributed by atoms with E-state index >= 15 is 0 Å². The summed E-state index contributed by atoms with van der Waals surface area (Å²) in [6, 6.07) is 15.7. The van der Waals surface area contributed by atoms with Crippen molar-refractivity contribution in [1.82, 2.24) is 9.97 Å². The van der Waals surface area contributed by atoms with Gasteiger partial charge in [-0.15, -0.1) is 0 Å². The minimum absolute atomic E-state index is 0.575. The second-order valence-corrected chi connectivity index (χ2v) is 4.55. The molecule has 0 bridgehead atoms. The average Bonchev–Trinajstić information content (AvgIpc) is 2.48. The maximum atomic E-state index is 5.36. The van der Waals surface area contributed by atoms with Gasteiger partial charge in [0.05, 0.1) is 12.6 Å². The highest BCUT2D eigenvalue weighted by molar-refractivity contribution is 7.71. The molecule has 0 spiro atoms. The summed E-state index contributed by atoms with van der Waals surface area (Å²) < 4.78 is 5.78. The molecule has 2 aromatic carbocycles. The van der Waals surface area contributed by atoms with Crippen LogP contribution in [-0.2, 0) is 0 Å². The van der Waals surface area contributed by atoms with Crippen molar-refractivity contribution < 1.29 is 4.74 Å². The van der Waals surface area contributed by atoms with Gasteiger partial charge in [-0.05, 0) is 18.2 Å². The number of rotatable bonds is 2. The van der Waals surface area contributed by atoms with Crippen molar-refractivity contribution in [2.24, 2.45) is 0 Å². The number of nitrogens with zero attached hydrogens (tertiary/aromatic N) is 1. The molecule has 0 fully saturated rings. The molecule has 0 aliphatic rings. The largest absolute Gasteiger partial charge is 0.497 e. The summed E-state index contributed by atoms with van der Waals surface area (Å²) in [6.07, 6.45) is 0. The van der Waals surface area contributed by atoms with Crippen LogP contribution in [0, 0.1) is 4.64 Å². The van der Waals surface area contributed by atoms with Crippen LogP contribution in [-0.4, -0.2) is 17.1 Å². The molecule has 0 saturated carbocycles. The maximum Gasteiger partial charge on any atom is 0.139 e. The zero-order chi connectivity index (χ0) is 13.2. The van der Waals surface area contributed by atoms with Crippen LogP contribution in [0.4, 0.5) is 0 Å². The topological polar surface area (TPSA) is 37.9 Å². The van der Waals surface area contributed by atoms with Crippen molar-refractivity contribution in [2.75, 3.05) is 7.11 Å². The number of H-pyrrole nitrogens is 1. The fraction of sp³-hybridized carbons (Fsp3) is 0.0667. The molecule has 1 aromatic heterocycles. The predicted molar refractivity (Wildman–Crippen MR) is 78.9 cm³/mol. The lowest BCUT2D eigenvalue weighted by Crippen LogP contribution is -1.92. The van der Waals surface area contributed by atoms with Crippen molar-refractivity contribution in [3.05, 3.63) is 53.2 Å². The van der Waals surface area contributed by atoms with Crippen LogP contribution < -0.4 is 4.74 Å². The van der Waals surface area contributed by atoms with E-state index in [-0.39, 0.29) is 0 Å². The van der Waals surface area contributed by atoms with Crippen LogP contribution in [0.15, 0.2) is 48.5 Å². The maximum absolute atomic E-state index is 5.36. The highest BCUT2D eigenvalue weighted by Gasteiger charge is 2.04. The fourth-order valence-electron chi connectivity index (χ4n) is 1.99. The second kappa shape index (κ2) is 4.82. The first-order valence-corrected chi connectivity index (χ1v) is 6.32. The molecule has 1 N–H and O–H groups in total. The standard InChI is InChI=1S/C15H12N2OS/c1-18-11-7-8-13-12(9-11)15(19)17-14(16-13)10-5-3-2-4-6-10/h2-9H,1H3,(H,16,17,19). The molecule has 3 nitrogen and oxygen atoms in total. The summed E-state index contributed by atoms with van der Waals surface area (Å²) in [5.74, 6) is 1.56. The van der Waals surface area contributed by atoms with Gasteiger partial charge in [0, 0.05) is 10.9 Å². The Balaban J connectivity index is 2.23. The van der Waals surface area contributed by atoms with E-state index in [1.54, 1.807) is 7.11 Å². The monoisotopic (exact) mass is 268 g/mol. The Morgan fingerprint density at radius 1 is 1.11 bits per heavy atom. The number of benzene rings is 2. The van der Waals surface area contributed by atoms with Crippen LogP contribution in [0.2, 0.25) is 0 Å². The van der Waals surface area contributed by atoms with Gasteiger partial charge in [-0.2, -0.15) is 0 Å². The molecule has 0 saturated heterocycles. The van der Waals surface area contributed by atoms with E-state index < -0.39 is 0 Å². The van der Waals surface area contributed by atoms with Crippen molar-refractivity contribution in [2.45, 2.75) is 0 Å². The summed E-state index contributed by atoms with van der Waals surface area (Å²) in [5, 5.41) is 0.897. The van der Waals surface area contributed by atoms with Gasteiger partial charge in [0.15, 0.2) is 0 Å². The van der Waals surface area contributed by atoms with Crippen LogP contribution in [0.25, 0.3) is 22.3 Å². The summed E-state index contributed by atoms with van der Waals surface area (Å²) in [7, 11) is 1.64. The van der Waals surface area contributed by atoms with Gasteiger partial charge in [-0.3, -0.25) is 0 Å². The summed E-state index contributed by atoms with van der Waals surface area (Å²) >= 11 is 5.36. The highest BCUT2D eigenvalue weighted by Crippen LogP contribution is 2.23. The number of aromatic nitrogens is 2. The van der Waals surface area contributed by atoms with Crippen molar-refractivity contribution in [3.63, 3.8) is 0 Å². The lowest BCUT2D eigenvalue weighted by molar-refractivity contribution is 0.415. The third-order valence-corrected chi connectivity index (χ3v) is 3.28. The molecule has 3 aromatic rings. The number of aromatic amines is 1. The van der Waals surface area contributed by atoms with Gasteiger partial charge >= 0.3 is 0 Å². The van der Waals surface area contributed by atoms with E-state index in [4.69, 9.17) is 17.0 Å². The molecule has 0 unspecified atom stereocenters. The van der Waals surface area contributed by atoms with Crippen LogP contribution in [0.3, 0.4) is 0 Å². The number of nitrogens with one attached hydrogen (secondary N) is 1. The molecule has 4 heteroatoms. The minimum Gasteiger partial charge on any atom is -0.497 e. The van der Waals surface area contributed by atoms with E-state index in [2.05, 4.69) is 9.97 Å². The second-order valence-electron chi connectivity index (χ2n) is 4.17. The molecule has 0 amide bonds. The molecular formula is C15H12N2OS. The lowest BCUT2D eigenvalue weighted by atomic mass is 10.2. The summed E-state index contributed by atoms with van der Waals surface area (Å²) in [4.78, 5) is 7.75. The third kappa shape index (κ3) is 2.22. The minimum atomic E-state index is 0.575. The predicted octanol–water partition coefficient (Wildman–Crippen LogP) is 3.97. The van der Waals surface area contributed by atoms with E-state index in [1.165, 1.54) is 0 Å². The molecule has 1 heterocycles. The fourth-order valence-corrected chi connectivity index (χ4v) is 2.25. The number of ether oxygens (including phenoxy) is 1. The Hall–Kier alpha value is -2.20. The number of hydrogen-bond donors (Lipinski definition) is 1. The first kappa shape index (κ1) is 11.9. The average molecular weight is 268 g/mol. The molecule has 19 heavy (non-hydrogen) atoms. The van der Waals surface area contributed by atoms with E-state index in [0.29, 0.717) is 4.64 Å². The van der Waals surface area contributed by atoms with Crippen LogP contribution in [0.5, 0.6) is 5.75 Å². The highest BCUT2D eigenvalue weighted by atomic mass is 32.1. The van der Waals surface area contributed by atoms with Gasteiger partial charge in [0.1, 0.15) is 16.2 Å². The molecule has 0 aliphatic heterocycles. The van der Waals surface area contributed by atoms with Gasteiger partial charge in [0.25, 0.3) is 0 Å². The van der Waals surface area contributed by atoms with Crippen molar-refractivity contribution in [1.29, 1.82) is 0 Å². The zero-order valence-corrected chi connectivity index (χ0v) is 11.2. The van der Waals surface area contributed by atoms with Crippen molar-refractivity contribution in [3.8, 4) is 17.1 Å². The van der Waals surface area contributed by atoms with Gasteiger partial charge < -0.3 is 9.72 Å².